The number of nitrogens with one attached hydrogen (secondary N) is 1. The van der Waals surface area contributed by atoms with Gasteiger partial charge in [0.05, 0.1) is 0 Å². The lowest BCUT2D eigenvalue weighted by molar-refractivity contribution is -0.125. The van der Waals surface area contributed by atoms with Crippen LogP contribution in [-0.4, -0.2) is 43.9 Å². The third-order valence-corrected chi connectivity index (χ3v) is 5.52. The van der Waals surface area contributed by atoms with Crippen molar-refractivity contribution in [2.45, 2.75) is 32.2 Å². The van der Waals surface area contributed by atoms with Crippen molar-refractivity contribution < 1.29 is 9.59 Å². The molecule has 0 radical (unpaired) electrons. The van der Waals surface area contributed by atoms with Crippen molar-refractivity contribution in [1.82, 2.24) is 10.2 Å². The molecule has 5 heteroatoms. The van der Waals surface area contributed by atoms with Gasteiger partial charge in [0.15, 0.2) is 0 Å². The van der Waals surface area contributed by atoms with Crippen molar-refractivity contribution in [3.05, 3.63) is 71.3 Å². The van der Waals surface area contributed by atoms with E-state index in [-0.39, 0.29) is 11.8 Å². The van der Waals surface area contributed by atoms with Gasteiger partial charge in [0.2, 0.25) is 5.91 Å². The zero-order chi connectivity index (χ0) is 21.3. The zero-order valence-corrected chi connectivity index (χ0v) is 17.9. The number of hydrogen-bond donors (Lipinski definition) is 1. The second-order valence-corrected chi connectivity index (χ2v) is 7.80. The minimum Gasteiger partial charge on any atom is -0.372 e. The summed E-state index contributed by atoms with van der Waals surface area (Å²) in [7, 11) is 3.39. The van der Waals surface area contributed by atoms with Crippen LogP contribution in [0, 0.1) is 0 Å². The Morgan fingerprint density at radius 2 is 1.60 bits per heavy atom. The van der Waals surface area contributed by atoms with Crippen LogP contribution in [0.5, 0.6) is 0 Å². The number of carbonyl (C=O) groups is 2. The Balaban J connectivity index is 1.54. The standard InChI is InChI=1S/C25H31N3O2/c1-26-25(30)22-12-7-21(8-13-22)19-27(2)24(29)16-11-20-9-14-23(15-10-20)28-17-5-3-4-6-18-28/h7-16H,3-6,17-19H2,1-2H3,(H,26,30). The van der Waals surface area contributed by atoms with Crippen molar-refractivity contribution in [2.24, 2.45) is 0 Å². The smallest absolute Gasteiger partial charge is 0.251 e. The second kappa shape index (κ2) is 10.6. The third kappa shape index (κ3) is 5.96. The molecule has 2 amide bonds. The maximum Gasteiger partial charge on any atom is 0.251 e. The van der Waals surface area contributed by atoms with Crippen LogP contribution in [0.3, 0.4) is 0 Å². The topological polar surface area (TPSA) is 52.7 Å². The number of benzene rings is 2. The lowest BCUT2D eigenvalue weighted by atomic mass is 10.1. The first-order chi connectivity index (χ1) is 14.6. The first-order valence-corrected chi connectivity index (χ1v) is 10.7. The van der Waals surface area contributed by atoms with Gasteiger partial charge in [-0.2, -0.15) is 0 Å². The molecule has 1 N–H and O–H groups in total. The molecule has 30 heavy (non-hydrogen) atoms. The summed E-state index contributed by atoms with van der Waals surface area (Å²) in [5.74, 6) is -0.169. The van der Waals surface area contributed by atoms with Crippen LogP contribution in [0.25, 0.3) is 6.08 Å². The van der Waals surface area contributed by atoms with Crippen LogP contribution in [0.4, 0.5) is 5.69 Å². The average Bonchev–Trinajstić information content (AvgIpc) is 3.07. The molecule has 0 spiro atoms. The molecule has 5 nitrogen and oxygen atoms in total. The van der Waals surface area contributed by atoms with Gasteiger partial charge in [-0.05, 0) is 54.3 Å². The number of amides is 2. The van der Waals surface area contributed by atoms with E-state index in [1.807, 2.05) is 18.2 Å². The van der Waals surface area contributed by atoms with Crippen LogP contribution >= 0.6 is 0 Å². The van der Waals surface area contributed by atoms with Gasteiger partial charge in [0.1, 0.15) is 0 Å². The molecule has 2 aromatic carbocycles. The normalized spacial score (nSPS) is 14.4. The van der Waals surface area contributed by atoms with Crippen molar-refractivity contribution in [2.75, 3.05) is 32.1 Å². The van der Waals surface area contributed by atoms with E-state index >= 15 is 0 Å². The fraction of sp³-hybridized carbons (Fsp3) is 0.360. The fourth-order valence-electron chi connectivity index (χ4n) is 3.68. The van der Waals surface area contributed by atoms with Crippen molar-refractivity contribution >= 4 is 23.6 Å². The van der Waals surface area contributed by atoms with E-state index in [1.54, 1.807) is 37.2 Å². The van der Waals surface area contributed by atoms with Crippen LogP contribution in [0.1, 0.15) is 47.2 Å². The molecule has 0 atom stereocenters. The number of carbonyl (C=O) groups excluding carboxylic acids is 2. The van der Waals surface area contributed by atoms with Crippen LogP contribution in [0.2, 0.25) is 0 Å². The summed E-state index contributed by atoms with van der Waals surface area (Å²) in [5.41, 5.74) is 3.87. The van der Waals surface area contributed by atoms with Crippen molar-refractivity contribution in [1.29, 1.82) is 0 Å². The van der Waals surface area contributed by atoms with Crippen LogP contribution in [-0.2, 0) is 11.3 Å². The van der Waals surface area contributed by atoms with E-state index in [2.05, 4.69) is 34.5 Å². The summed E-state index contributed by atoms with van der Waals surface area (Å²) in [4.78, 5) is 28.2. The second-order valence-electron chi connectivity index (χ2n) is 7.80. The maximum atomic E-state index is 12.5. The van der Waals surface area contributed by atoms with Crippen LogP contribution in [0.15, 0.2) is 54.6 Å². The van der Waals surface area contributed by atoms with Gasteiger partial charge in [0, 0.05) is 51.1 Å². The monoisotopic (exact) mass is 405 g/mol. The summed E-state index contributed by atoms with van der Waals surface area (Å²) < 4.78 is 0. The number of likely N-dealkylation sites (N-methyl/N-ethyl adjacent to an activating group) is 1. The van der Waals surface area contributed by atoms with E-state index in [0.29, 0.717) is 12.1 Å². The van der Waals surface area contributed by atoms with E-state index in [9.17, 15) is 9.59 Å². The summed E-state index contributed by atoms with van der Waals surface area (Å²) in [6, 6.07) is 15.7. The van der Waals surface area contributed by atoms with Crippen molar-refractivity contribution in [3.63, 3.8) is 0 Å². The number of nitrogens with zero attached hydrogens (tertiary/aromatic N) is 2. The molecule has 158 valence electrons. The molecule has 1 aliphatic rings. The molecule has 0 unspecified atom stereocenters. The molecule has 0 aliphatic carbocycles. The van der Waals surface area contributed by atoms with Gasteiger partial charge in [-0.25, -0.2) is 0 Å². The fourth-order valence-corrected chi connectivity index (χ4v) is 3.68. The summed E-state index contributed by atoms with van der Waals surface area (Å²) >= 11 is 0. The Kier molecular flexibility index (Phi) is 7.66. The van der Waals surface area contributed by atoms with Gasteiger partial charge in [0.25, 0.3) is 5.91 Å². The van der Waals surface area contributed by atoms with Gasteiger partial charge >= 0.3 is 0 Å². The Morgan fingerprint density at radius 1 is 0.967 bits per heavy atom. The van der Waals surface area contributed by atoms with Crippen molar-refractivity contribution in [3.8, 4) is 0 Å². The summed E-state index contributed by atoms with van der Waals surface area (Å²) in [6.07, 6.45) is 8.64. The van der Waals surface area contributed by atoms with E-state index in [0.717, 1.165) is 24.2 Å². The van der Waals surface area contributed by atoms with E-state index < -0.39 is 0 Å². The van der Waals surface area contributed by atoms with Gasteiger partial charge in [-0.3, -0.25) is 9.59 Å². The Labute approximate surface area is 179 Å². The number of rotatable bonds is 6. The largest absolute Gasteiger partial charge is 0.372 e. The molecular weight excluding hydrogens is 374 g/mol. The SMILES string of the molecule is CNC(=O)c1ccc(CN(C)C(=O)C=Cc2ccc(N3CCCCCC3)cc2)cc1. The molecule has 0 aromatic heterocycles. The van der Waals surface area contributed by atoms with E-state index in [1.165, 1.54) is 31.4 Å². The first kappa shape index (κ1) is 21.6. The predicted molar refractivity (Wildman–Crippen MR) is 122 cm³/mol. The molecule has 1 heterocycles. The molecule has 0 bridgehead atoms. The molecule has 1 saturated heterocycles. The molecule has 1 aliphatic heterocycles. The highest BCUT2D eigenvalue weighted by Crippen LogP contribution is 2.20. The van der Waals surface area contributed by atoms with E-state index in [4.69, 9.17) is 0 Å². The summed E-state index contributed by atoms with van der Waals surface area (Å²) in [6.45, 7) is 2.75. The van der Waals surface area contributed by atoms with Gasteiger partial charge < -0.3 is 15.1 Å². The highest BCUT2D eigenvalue weighted by atomic mass is 16.2. The Bertz CT molecular complexity index is 864. The van der Waals surface area contributed by atoms with Gasteiger partial charge in [-0.15, -0.1) is 0 Å². The highest BCUT2D eigenvalue weighted by molar-refractivity contribution is 5.94. The molecule has 2 aromatic rings. The molecular formula is C25H31N3O2. The zero-order valence-electron chi connectivity index (χ0n) is 17.9. The van der Waals surface area contributed by atoms with Gasteiger partial charge in [-0.1, -0.05) is 37.1 Å². The first-order valence-electron chi connectivity index (χ1n) is 10.7. The minimum absolute atomic E-state index is 0.0537. The lowest BCUT2D eigenvalue weighted by Crippen LogP contribution is -2.24. The number of hydrogen-bond acceptors (Lipinski definition) is 3. The highest BCUT2D eigenvalue weighted by Gasteiger charge is 2.10. The maximum absolute atomic E-state index is 12.5. The summed E-state index contributed by atoms with van der Waals surface area (Å²) in [5, 5.41) is 2.60. The lowest BCUT2D eigenvalue weighted by Gasteiger charge is -2.22. The van der Waals surface area contributed by atoms with Crippen LogP contribution < -0.4 is 10.2 Å². The third-order valence-electron chi connectivity index (χ3n) is 5.52. The molecule has 3 rings (SSSR count). The Morgan fingerprint density at radius 3 is 2.20 bits per heavy atom. The average molecular weight is 406 g/mol. The quantitative estimate of drug-likeness (QED) is 0.736. The minimum atomic E-state index is -0.115. The number of anilines is 1. The predicted octanol–water partition coefficient (Wildman–Crippen LogP) is 4.10. The Hall–Kier alpha value is -3.08. The molecule has 1 fully saturated rings. The molecule has 0 saturated carbocycles.